The molecule has 0 amide bonds. The molecule has 1 aliphatic rings. The van der Waals surface area contributed by atoms with Crippen LogP contribution in [0.5, 0.6) is 5.88 Å². The molecule has 1 saturated carbocycles. The molecule has 15 heavy (non-hydrogen) atoms. The Labute approximate surface area is 88.7 Å². The minimum atomic E-state index is 0.563. The number of methoxy groups -OCH3 is 1. The van der Waals surface area contributed by atoms with E-state index in [1.807, 2.05) is 4.68 Å². The summed E-state index contributed by atoms with van der Waals surface area (Å²) in [6, 6.07) is 6.85. The summed E-state index contributed by atoms with van der Waals surface area (Å²) in [5, 5.41) is 5.71. The van der Waals surface area contributed by atoms with Crippen LogP contribution in [0.1, 0.15) is 24.4 Å². The number of aryl methyl sites for hydroxylation is 1. The number of hydrogen-bond acceptors (Lipinski definition) is 2. The highest BCUT2D eigenvalue weighted by Gasteiger charge is 2.28. The molecule has 1 fully saturated rings. The molecule has 0 saturated heterocycles. The van der Waals surface area contributed by atoms with Crippen LogP contribution in [0, 0.1) is 6.92 Å². The molecule has 1 heterocycles. The molecular weight excluding hydrogens is 188 g/mol. The number of hydrogen-bond donors (Lipinski definition) is 0. The lowest BCUT2D eigenvalue weighted by molar-refractivity contribution is 0.365. The monoisotopic (exact) mass is 202 g/mol. The molecule has 2 aromatic rings. The topological polar surface area (TPSA) is 27.1 Å². The molecule has 1 aromatic carbocycles. The average Bonchev–Trinajstić information content (AvgIpc) is 3.00. The summed E-state index contributed by atoms with van der Waals surface area (Å²) in [4.78, 5) is 0. The normalized spacial score (nSPS) is 15.9. The highest BCUT2D eigenvalue weighted by atomic mass is 16.5. The van der Waals surface area contributed by atoms with Crippen molar-refractivity contribution < 1.29 is 4.74 Å². The third kappa shape index (κ3) is 1.30. The smallest absolute Gasteiger partial charge is 0.219 e. The van der Waals surface area contributed by atoms with Crippen LogP contribution >= 0.6 is 0 Å². The van der Waals surface area contributed by atoms with Gasteiger partial charge < -0.3 is 4.74 Å². The van der Waals surface area contributed by atoms with Crippen molar-refractivity contribution in [1.29, 1.82) is 0 Å². The molecule has 1 aromatic heterocycles. The van der Waals surface area contributed by atoms with Crippen molar-refractivity contribution >= 4 is 10.9 Å². The van der Waals surface area contributed by atoms with Gasteiger partial charge in [-0.15, -0.1) is 0 Å². The lowest BCUT2D eigenvalue weighted by Crippen LogP contribution is -1.99. The van der Waals surface area contributed by atoms with E-state index >= 15 is 0 Å². The molecule has 3 heteroatoms. The SMILES string of the molecule is COc1c2cc(C)ccc2nn1C1CC1. The summed E-state index contributed by atoms with van der Waals surface area (Å²) < 4.78 is 7.49. The van der Waals surface area contributed by atoms with E-state index in [9.17, 15) is 0 Å². The molecule has 0 spiro atoms. The fourth-order valence-corrected chi connectivity index (χ4v) is 1.96. The molecule has 78 valence electrons. The molecule has 0 aliphatic heterocycles. The third-order valence-corrected chi connectivity index (χ3v) is 2.89. The summed E-state index contributed by atoms with van der Waals surface area (Å²) >= 11 is 0. The zero-order valence-corrected chi connectivity index (χ0v) is 9.03. The van der Waals surface area contributed by atoms with Crippen molar-refractivity contribution in [2.24, 2.45) is 0 Å². The van der Waals surface area contributed by atoms with E-state index in [2.05, 4.69) is 30.2 Å². The van der Waals surface area contributed by atoms with Gasteiger partial charge in [-0.2, -0.15) is 5.10 Å². The predicted octanol–water partition coefficient (Wildman–Crippen LogP) is 2.69. The summed E-state index contributed by atoms with van der Waals surface area (Å²) in [6.45, 7) is 2.09. The molecule has 0 atom stereocenters. The second kappa shape index (κ2) is 2.99. The van der Waals surface area contributed by atoms with Crippen molar-refractivity contribution in [2.45, 2.75) is 25.8 Å². The van der Waals surface area contributed by atoms with E-state index in [1.165, 1.54) is 18.4 Å². The van der Waals surface area contributed by atoms with Crippen LogP contribution in [0.2, 0.25) is 0 Å². The van der Waals surface area contributed by atoms with Crippen molar-refractivity contribution in [3.8, 4) is 5.88 Å². The van der Waals surface area contributed by atoms with Crippen LogP contribution in [-0.4, -0.2) is 16.9 Å². The standard InChI is InChI=1S/C12H14N2O/c1-8-3-6-11-10(7-8)12(15-2)14(13-11)9-4-5-9/h3,6-7,9H,4-5H2,1-2H3. The molecule has 3 rings (SSSR count). The second-order valence-corrected chi connectivity index (χ2v) is 4.21. The number of ether oxygens (including phenoxy) is 1. The fraction of sp³-hybridized carbons (Fsp3) is 0.417. The maximum absolute atomic E-state index is 5.46. The Morgan fingerprint density at radius 1 is 1.40 bits per heavy atom. The van der Waals surface area contributed by atoms with Crippen molar-refractivity contribution in [3.05, 3.63) is 23.8 Å². The average molecular weight is 202 g/mol. The van der Waals surface area contributed by atoms with Crippen LogP contribution in [0.15, 0.2) is 18.2 Å². The highest BCUT2D eigenvalue weighted by molar-refractivity contribution is 5.85. The van der Waals surface area contributed by atoms with Crippen LogP contribution in [0.3, 0.4) is 0 Å². The Balaban J connectivity index is 2.27. The lowest BCUT2D eigenvalue weighted by atomic mass is 10.2. The van der Waals surface area contributed by atoms with Crippen molar-refractivity contribution in [3.63, 3.8) is 0 Å². The van der Waals surface area contributed by atoms with Crippen molar-refractivity contribution in [1.82, 2.24) is 9.78 Å². The first-order valence-corrected chi connectivity index (χ1v) is 5.32. The first-order valence-electron chi connectivity index (χ1n) is 5.32. The minimum Gasteiger partial charge on any atom is -0.481 e. The highest BCUT2D eigenvalue weighted by Crippen LogP contribution is 2.40. The van der Waals surface area contributed by atoms with Gasteiger partial charge in [-0.05, 0) is 31.9 Å². The van der Waals surface area contributed by atoms with E-state index < -0.39 is 0 Å². The minimum absolute atomic E-state index is 0.563. The number of nitrogens with zero attached hydrogens (tertiary/aromatic N) is 2. The van der Waals surface area contributed by atoms with E-state index in [-0.39, 0.29) is 0 Å². The summed E-state index contributed by atoms with van der Waals surface area (Å²) in [5.74, 6) is 0.913. The molecule has 3 nitrogen and oxygen atoms in total. The maximum Gasteiger partial charge on any atom is 0.219 e. The summed E-state index contributed by atoms with van der Waals surface area (Å²) in [5.41, 5.74) is 2.28. The van der Waals surface area contributed by atoms with E-state index in [0.717, 1.165) is 16.8 Å². The predicted molar refractivity (Wildman–Crippen MR) is 59.3 cm³/mol. The molecule has 0 bridgehead atoms. The van der Waals surface area contributed by atoms with Gasteiger partial charge in [0.2, 0.25) is 5.88 Å². The van der Waals surface area contributed by atoms with E-state index in [4.69, 9.17) is 4.74 Å². The van der Waals surface area contributed by atoms with Gasteiger partial charge in [0.15, 0.2) is 0 Å². The van der Waals surface area contributed by atoms with E-state index in [0.29, 0.717) is 6.04 Å². The lowest BCUT2D eigenvalue weighted by Gasteiger charge is -2.03. The van der Waals surface area contributed by atoms with Gasteiger partial charge in [-0.1, -0.05) is 11.6 Å². The third-order valence-electron chi connectivity index (χ3n) is 2.89. The molecule has 1 aliphatic carbocycles. The molecule has 0 radical (unpaired) electrons. The molecular formula is C12H14N2O. The zero-order valence-electron chi connectivity index (χ0n) is 9.03. The summed E-state index contributed by atoms with van der Waals surface area (Å²) in [6.07, 6.45) is 2.45. The Kier molecular flexibility index (Phi) is 1.75. The summed E-state index contributed by atoms with van der Waals surface area (Å²) in [7, 11) is 1.72. The fourth-order valence-electron chi connectivity index (χ4n) is 1.96. The second-order valence-electron chi connectivity index (χ2n) is 4.21. The van der Waals surface area contributed by atoms with Gasteiger partial charge in [0.1, 0.15) is 0 Å². The number of rotatable bonds is 2. The van der Waals surface area contributed by atoms with Crippen LogP contribution < -0.4 is 4.74 Å². The van der Waals surface area contributed by atoms with E-state index in [1.54, 1.807) is 7.11 Å². The van der Waals surface area contributed by atoms with Gasteiger partial charge in [0.25, 0.3) is 0 Å². The van der Waals surface area contributed by atoms with Crippen LogP contribution in [0.4, 0.5) is 0 Å². The first kappa shape index (κ1) is 8.77. The van der Waals surface area contributed by atoms with Crippen LogP contribution in [0.25, 0.3) is 10.9 Å². The zero-order chi connectivity index (χ0) is 10.4. The largest absolute Gasteiger partial charge is 0.481 e. The van der Waals surface area contributed by atoms with Gasteiger partial charge in [-0.25, -0.2) is 4.68 Å². The maximum atomic E-state index is 5.46. The van der Waals surface area contributed by atoms with Crippen LogP contribution in [-0.2, 0) is 0 Å². The quantitative estimate of drug-likeness (QED) is 0.748. The number of benzene rings is 1. The van der Waals surface area contributed by atoms with Gasteiger partial charge in [0.05, 0.1) is 24.1 Å². The van der Waals surface area contributed by atoms with Crippen molar-refractivity contribution in [2.75, 3.05) is 7.11 Å². The Morgan fingerprint density at radius 3 is 2.87 bits per heavy atom. The van der Waals surface area contributed by atoms with Gasteiger partial charge in [0, 0.05) is 0 Å². The van der Waals surface area contributed by atoms with Gasteiger partial charge in [-0.3, -0.25) is 0 Å². The van der Waals surface area contributed by atoms with Gasteiger partial charge >= 0.3 is 0 Å². The molecule has 0 unspecified atom stereocenters. The number of fused-ring (bicyclic) bond motifs is 1. The molecule has 0 N–H and O–H groups in total. The Morgan fingerprint density at radius 2 is 2.20 bits per heavy atom. The number of aromatic nitrogens is 2. The Bertz CT molecular complexity index is 512. The first-order chi connectivity index (χ1) is 7.29. The Hall–Kier alpha value is -1.51.